The van der Waals surface area contributed by atoms with Crippen LogP contribution >= 0.6 is 11.6 Å². The van der Waals surface area contributed by atoms with E-state index in [4.69, 9.17) is 21.9 Å². The molecule has 0 aliphatic carbocycles. The van der Waals surface area contributed by atoms with Gasteiger partial charge in [-0.1, -0.05) is 22.8 Å². The topological polar surface area (TPSA) is 64.9 Å². The Kier molecular flexibility index (Phi) is 3.36. The Hall–Kier alpha value is -1.46. The Morgan fingerprint density at radius 2 is 2.17 bits per heavy atom. The summed E-state index contributed by atoms with van der Waals surface area (Å²) in [6, 6.07) is 4.50. The van der Waals surface area contributed by atoms with E-state index in [2.05, 4.69) is 10.1 Å². The number of halogens is 2. The minimum Gasteiger partial charge on any atom is -0.339 e. The zero-order chi connectivity index (χ0) is 13.3. The van der Waals surface area contributed by atoms with Gasteiger partial charge < -0.3 is 10.3 Å². The number of nitrogens with zero attached hydrogens (tertiary/aromatic N) is 2. The molecule has 0 saturated carbocycles. The van der Waals surface area contributed by atoms with Gasteiger partial charge in [0.15, 0.2) is 5.82 Å². The molecule has 0 saturated heterocycles. The third-order valence-electron chi connectivity index (χ3n) is 2.43. The maximum absolute atomic E-state index is 13.6. The van der Waals surface area contributed by atoms with Gasteiger partial charge in [0.2, 0.25) is 5.89 Å². The van der Waals surface area contributed by atoms with E-state index in [1.54, 1.807) is 26.0 Å². The fourth-order valence-electron chi connectivity index (χ4n) is 1.44. The molecule has 2 aromatic rings. The van der Waals surface area contributed by atoms with Gasteiger partial charge in [0.05, 0.1) is 12.0 Å². The Balaban J connectivity index is 2.27. The SMILES string of the molecule is CC(C)(N)c1noc(Cc2c(F)cccc2Cl)n1. The van der Waals surface area contributed by atoms with Gasteiger partial charge in [-0.3, -0.25) is 0 Å². The molecule has 0 aliphatic rings. The fraction of sp³-hybridized carbons (Fsp3) is 0.333. The largest absolute Gasteiger partial charge is 0.339 e. The molecule has 4 nitrogen and oxygen atoms in total. The van der Waals surface area contributed by atoms with Crippen molar-refractivity contribution in [2.24, 2.45) is 5.73 Å². The molecule has 0 amide bonds. The van der Waals surface area contributed by atoms with E-state index < -0.39 is 11.4 Å². The molecule has 6 heteroatoms. The molecular weight excluding hydrogens is 257 g/mol. The van der Waals surface area contributed by atoms with E-state index in [1.807, 2.05) is 0 Å². The zero-order valence-corrected chi connectivity index (χ0v) is 10.8. The summed E-state index contributed by atoms with van der Waals surface area (Å²) in [5.41, 5.74) is 5.48. The second-order valence-corrected chi connectivity index (χ2v) is 5.02. The molecule has 1 heterocycles. The van der Waals surface area contributed by atoms with E-state index in [9.17, 15) is 4.39 Å². The van der Waals surface area contributed by atoms with E-state index in [0.29, 0.717) is 16.4 Å². The van der Waals surface area contributed by atoms with Crippen LogP contribution in [0, 0.1) is 5.82 Å². The summed E-state index contributed by atoms with van der Waals surface area (Å²) >= 11 is 5.92. The lowest BCUT2D eigenvalue weighted by Gasteiger charge is -2.11. The van der Waals surface area contributed by atoms with Gasteiger partial charge in [-0.2, -0.15) is 4.98 Å². The number of hydrogen-bond donors (Lipinski definition) is 1. The number of rotatable bonds is 3. The van der Waals surface area contributed by atoms with E-state index >= 15 is 0 Å². The van der Waals surface area contributed by atoms with E-state index in [-0.39, 0.29) is 12.3 Å². The lowest BCUT2D eigenvalue weighted by Crippen LogP contribution is -2.30. The number of benzene rings is 1. The van der Waals surface area contributed by atoms with Crippen LogP contribution in [0.3, 0.4) is 0 Å². The number of hydrogen-bond acceptors (Lipinski definition) is 4. The Bertz CT molecular complexity index is 542. The molecule has 0 radical (unpaired) electrons. The molecule has 1 aromatic carbocycles. The summed E-state index contributed by atoms with van der Waals surface area (Å²) < 4.78 is 18.6. The van der Waals surface area contributed by atoms with Crippen LogP contribution in [-0.4, -0.2) is 10.1 Å². The highest BCUT2D eigenvalue weighted by Crippen LogP contribution is 2.22. The highest BCUT2D eigenvalue weighted by molar-refractivity contribution is 6.31. The summed E-state index contributed by atoms with van der Waals surface area (Å²) in [7, 11) is 0. The van der Waals surface area contributed by atoms with Crippen molar-refractivity contribution in [3.63, 3.8) is 0 Å². The smallest absolute Gasteiger partial charge is 0.231 e. The van der Waals surface area contributed by atoms with Crippen molar-refractivity contribution in [2.45, 2.75) is 25.8 Å². The predicted molar refractivity (Wildman–Crippen MR) is 65.7 cm³/mol. The van der Waals surface area contributed by atoms with Gasteiger partial charge in [-0.15, -0.1) is 0 Å². The molecule has 0 spiro atoms. The molecule has 2 N–H and O–H groups in total. The molecule has 0 fully saturated rings. The van der Waals surface area contributed by atoms with Crippen molar-refractivity contribution in [2.75, 3.05) is 0 Å². The first-order valence-electron chi connectivity index (χ1n) is 5.43. The summed E-state index contributed by atoms with van der Waals surface area (Å²) in [5.74, 6) is 0.273. The van der Waals surface area contributed by atoms with Gasteiger partial charge in [-0.05, 0) is 26.0 Å². The van der Waals surface area contributed by atoms with Crippen molar-refractivity contribution in [3.8, 4) is 0 Å². The quantitative estimate of drug-likeness (QED) is 0.930. The average Bonchev–Trinajstić information content (AvgIpc) is 2.72. The first kappa shape index (κ1) is 13.0. The fourth-order valence-corrected chi connectivity index (χ4v) is 1.67. The third kappa shape index (κ3) is 2.68. The molecule has 18 heavy (non-hydrogen) atoms. The highest BCUT2D eigenvalue weighted by atomic mass is 35.5. The molecule has 0 bridgehead atoms. The second kappa shape index (κ2) is 4.66. The number of aromatic nitrogens is 2. The summed E-state index contributed by atoms with van der Waals surface area (Å²) in [4.78, 5) is 4.13. The van der Waals surface area contributed by atoms with Gasteiger partial charge in [0.1, 0.15) is 5.82 Å². The minimum absolute atomic E-state index is 0.147. The van der Waals surface area contributed by atoms with E-state index in [1.165, 1.54) is 6.07 Å². The third-order valence-corrected chi connectivity index (χ3v) is 2.79. The zero-order valence-electron chi connectivity index (χ0n) is 10.1. The summed E-state index contributed by atoms with van der Waals surface area (Å²) in [6.07, 6.45) is 0.147. The van der Waals surface area contributed by atoms with Crippen LogP contribution in [0.15, 0.2) is 22.7 Å². The molecule has 0 atom stereocenters. The van der Waals surface area contributed by atoms with Crippen molar-refractivity contribution < 1.29 is 8.91 Å². The maximum Gasteiger partial charge on any atom is 0.231 e. The lowest BCUT2D eigenvalue weighted by atomic mass is 10.1. The second-order valence-electron chi connectivity index (χ2n) is 4.61. The van der Waals surface area contributed by atoms with Crippen LogP contribution in [0.5, 0.6) is 0 Å². The van der Waals surface area contributed by atoms with Crippen molar-refractivity contribution in [3.05, 3.63) is 46.3 Å². The molecular formula is C12H13ClFN3O. The van der Waals surface area contributed by atoms with Gasteiger partial charge in [0.25, 0.3) is 0 Å². The first-order chi connectivity index (χ1) is 8.38. The van der Waals surface area contributed by atoms with Gasteiger partial charge in [-0.25, -0.2) is 4.39 Å². The molecule has 1 aromatic heterocycles. The van der Waals surface area contributed by atoms with Crippen LogP contribution in [0.1, 0.15) is 31.1 Å². The van der Waals surface area contributed by atoms with Crippen LogP contribution in [0.25, 0.3) is 0 Å². The summed E-state index contributed by atoms with van der Waals surface area (Å²) in [5, 5.41) is 4.10. The molecule has 96 valence electrons. The van der Waals surface area contributed by atoms with Crippen molar-refractivity contribution in [1.82, 2.24) is 10.1 Å². The van der Waals surface area contributed by atoms with Crippen LogP contribution in [0.2, 0.25) is 5.02 Å². The molecule has 0 unspecified atom stereocenters. The van der Waals surface area contributed by atoms with Crippen LogP contribution in [-0.2, 0) is 12.0 Å². The Morgan fingerprint density at radius 1 is 1.44 bits per heavy atom. The van der Waals surface area contributed by atoms with Crippen LogP contribution < -0.4 is 5.73 Å². The van der Waals surface area contributed by atoms with Crippen molar-refractivity contribution >= 4 is 11.6 Å². The monoisotopic (exact) mass is 269 g/mol. The summed E-state index contributed by atoms with van der Waals surface area (Å²) in [6.45, 7) is 3.52. The number of nitrogens with two attached hydrogens (primary N) is 1. The Morgan fingerprint density at radius 3 is 2.72 bits per heavy atom. The molecule has 2 rings (SSSR count). The first-order valence-corrected chi connectivity index (χ1v) is 5.80. The predicted octanol–water partition coefficient (Wildman–Crippen LogP) is 2.65. The normalized spacial score (nSPS) is 11.8. The lowest BCUT2D eigenvalue weighted by molar-refractivity contribution is 0.364. The molecule has 0 aliphatic heterocycles. The van der Waals surface area contributed by atoms with E-state index in [0.717, 1.165) is 0 Å². The average molecular weight is 270 g/mol. The Labute approximate surface area is 109 Å². The minimum atomic E-state index is -0.694. The van der Waals surface area contributed by atoms with Gasteiger partial charge >= 0.3 is 0 Å². The highest BCUT2D eigenvalue weighted by Gasteiger charge is 2.22. The van der Waals surface area contributed by atoms with Crippen LogP contribution in [0.4, 0.5) is 4.39 Å². The maximum atomic E-state index is 13.6. The standard InChI is InChI=1S/C12H13ClFN3O/c1-12(2,15)11-16-10(18-17-11)6-7-8(13)4-3-5-9(7)14/h3-5H,6,15H2,1-2H3. The van der Waals surface area contributed by atoms with Crippen molar-refractivity contribution in [1.29, 1.82) is 0 Å². The van der Waals surface area contributed by atoms with Gasteiger partial charge in [0, 0.05) is 10.6 Å².